The lowest BCUT2D eigenvalue weighted by Crippen LogP contribution is -2.48. The van der Waals surface area contributed by atoms with E-state index < -0.39 is 0 Å². The Kier molecular flexibility index (Phi) is 14.3. The molecular weight excluding hydrogens is 578 g/mol. The SMILES string of the molecule is C#COCCOCCOCCN1CCN(c2nc(OC)c(Sc3nc(N)cc(NC(=O)CCN(C)C)n3)c(OC)n2)CC1. The molecule has 0 saturated carbocycles. The fraction of sp³-hybridized carbons (Fsp3) is 0.593. The molecule has 1 aliphatic rings. The van der Waals surface area contributed by atoms with Gasteiger partial charge in [-0.1, -0.05) is 6.42 Å². The first-order chi connectivity index (χ1) is 20.8. The van der Waals surface area contributed by atoms with Crippen molar-refractivity contribution in [3.8, 4) is 24.3 Å². The van der Waals surface area contributed by atoms with Gasteiger partial charge in [-0.25, -0.2) is 9.97 Å². The number of nitrogens with zero attached hydrogens (tertiary/aromatic N) is 7. The van der Waals surface area contributed by atoms with Crippen molar-refractivity contribution in [2.45, 2.75) is 16.5 Å². The maximum atomic E-state index is 12.3. The molecule has 1 fully saturated rings. The number of nitrogens with two attached hydrogens (primary N) is 1. The minimum absolute atomic E-state index is 0.174. The topological polar surface area (TPSA) is 163 Å². The second-order valence-corrected chi connectivity index (χ2v) is 10.5. The molecule has 15 nitrogen and oxygen atoms in total. The number of ether oxygens (including phenoxy) is 5. The number of amides is 1. The standard InChI is InChI=1S/C27H41N9O6S/c1-6-40-15-16-42-18-17-41-14-13-35-9-11-36(12-10-35)26-32-24(38-4)23(25(33-26)39-5)43-27-29-20(28)19-21(31-27)30-22(37)7-8-34(2)3/h1,19H,7-18H2,2-5H3,(H3,28,29,30,31,37). The van der Waals surface area contributed by atoms with E-state index in [0.717, 1.165) is 44.5 Å². The maximum Gasteiger partial charge on any atom is 0.236 e. The minimum atomic E-state index is -0.174. The van der Waals surface area contributed by atoms with Gasteiger partial charge in [0.15, 0.2) is 5.16 Å². The van der Waals surface area contributed by atoms with Crippen molar-refractivity contribution in [1.29, 1.82) is 0 Å². The van der Waals surface area contributed by atoms with E-state index in [1.807, 2.05) is 19.0 Å². The van der Waals surface area contributed by atoms with Crippen LogP contribution in [0.5, 0.6) is 11.8 Å². The molecule has 1 saturated heterocycles. The second kappa shape index (κ2) is 18.1. The summed E-state index contributed by atoms with van der Waals surface area (Å²) in [5.74, 6) is 1.47. The first kappa shape index (κ1) is 33.9. The normalized spacial score (nSPS) is 13.5. The van der Waals surface area contributed by atoms with Crippen LogP contribution in [0.3, 0.4) is 0 Å². The summed E-state index contributed by atoms with van der Waals surface area (Å²) in [7, 11) is 6.86. The Balaban J connectivity index is 1.56. The number of methoxy groups -OCH3 is 2. The highest BCUT2D eigenvalue weighted by Gasteiger charge is 2.24. The summed E-state index contributed by atoms with van der Waals surface area (Å²) >= 11 is 1.14. The Hall–Kier alpha value is -3.62. The molecular formula is C27H41N9O6S. The van der Waals surface area contributed by atoms with Crippen molar-refractivity contribution in [3.05, 3.63) is 6.07 Å². The molecule has 0 unspecified atom stereocenters. The van der Waals surface area contributed by atoms with Gasteiger partial charge in [0, 0.05) is 51.8 Å². The van der Waals surface area contributed by atoms with Crippen LogP contribution < -0.4 is 25.4 Å². The van der Waals surface area contributed by atoms with E-state index in [-0.39, 0.29) is 16.9 Å². The van der Waals surface area contributed by atoms with E-state index in [0.29, 0.717) is 74.4 Å². The van der Waals surface area contributed by atoms with E-state index in [1.54, 1.807) is 0 Å². The predicted molar refractivity (Wildman–Crippen MR) is 163 cm³/mol. The number of piperazine rings is 1. The average molecular weight is 620 g/mol. The Labute approximate surface area is 256 Å². The van der Waals surface area contributed by atoms with Crippen LogP contribution in [0.1, 0.15) is 6.42 Å². The Morgan fingerprint density at radius 3 is 2.30 bits per heavy atom. The van der Waals surface area contributed by atoms with Crippen LogP contribution in [0.15, 0.2) is 16.1 Å². The lowest BCUT2D eigenvalue weighted by Gasteiger charge is -2.34. The number of aromatic nitrogens is 4. The van der Waals surface area contributed by atoms with Crippen molar-refractivity contribution in [1.82, 2.24) is 29.7 Å². The zero-order chi connectivity index (χ0) is 31.0. The molecule has 0 atom stereocenters. The third-order valence-electron chi connectivity index (χ3n) is 6.14. The van der Waals surface area contributed by atoms with Gasteiger partial charge in [-0.05, 0) is 25.9 Å². The molecule has 1 amide bonds. The van der Waals surface area contributed by atoms with Crippen molar-refractivity contribution in [2.24, 2.45) is 0 Å². The van der Waals surface area contributed by atoms with Gasteiger partial charge in [-0.15, -0.1) is 0 Å². The molecule has 0 aliphatic carbocycles. The summed E-state index contributed by atoms with van der Waals surface area (Å²) in [4.78, 5) is 37.2. The van der Waals surface area contributed by atoms with Gasteiger partial charge in [0.05, 0.1) is 40.6 Å². The third kappa shape index (κ3) is 11.5. The molecule has 0 radical (unpaired) electrons. The molecule has 3 heterocycles. The number of carbonyl (C=O) groups is 1. The first-order valence-corrected chi connectivity index (χ1v) is 14.6. The highest BCUT2D eigenvalue weighted by atomic mass is 32.2. The maximum absolute atomic E-state index is 12.3. The number of nitrogens with one attached hydrogen (secondary N) is 1. The second-order valence-electron chi connectivity index (χ2n) is 9.56. The number of anilines is 3. The molecule has 16 heteroatoms. The lowest BCUT2D eigenvalue weighted by molar-refractivity contribution is -0.116. The van der Waals surface area contributed by atoms with Gasteiger partial charge in [0.25, 0.3) is 0 Å². The van der Waals surface area contributed by atoms with Crippen LogP contribution in [-0.4, -0.2) is 136 Å². The molecule has 2 aromatic rings. The summed E-state index contributed by atoms with van der Waals surface area (Å²) < 4.78 is 27.0. The van der Waals surface area contributed by atoms with Crippen molar-refractivity contribution < 1.29 is 28.5 Å². The Morgan fingerprint density at radius 2 is 1.67 bits per heavy atom. The molecule has 2 aromatic heterocycles. The van der Waals surface area contributed by atoms with Gasteiger partial charge in [0.2, 0.25) is 23.6 Å². The number of carbonyl (C=O) groups excluding carboxylic acids is 1. The van der Waals surface area contributed by atoms with E-state index >= 15 is 0 Å². The number of terminal acetylenes is 1. The van der Waals surface area contributed by atoms with Gasteiger partial charge >= 0.3 is 0 Å². The zero-order valence-electron chi connectivity index (χ0n) is 25.2. The van der Waals surface area contributed by atoms with E-state index in [2.05, 4.69) is 41.2 Å². The van der Waals surface area contributed by atoms with E-state index in [9.17, 15) is 4.79 Å². The summed E-state index contributed by atoms with van der Waals surface area (Å²) in [6.07, 6.45) is 7.44. The van der Waals surface area contributed by atoms with Crippen LogP contribution in [0.4, 0.5) is 17.6 Å². The zero-order valence-corrected chi connectivity index (χ0v) is 26.0. The molecule has 3 rings (SSSR count). The summed E-state index contributed by atoms with van der Waals surface area (Å²) in [5.41, 5.74) is 6.01. The van der Waals surface area contributed by atoms with Gasteiger partial charge < -0.3 is 44.5 Å². The van der Waals surface area contributed by atoms with E-state index in [4.69, 9.17) is 35.8 Å². The first-order valence-electron chi connectivity index (χ1n) is 13.8. The molecule has 43 heavy (non-hydrogen) atoms. The molecule has 3 N–H and O–H groups in total. The number of hydrogen-bond acceptors (Lipinski definition) is 15. The number of hydrogen-bond donors (Lipinski definition) is 2. The summed E-state index contributed by atoms with van der Waals surface area (Å²) in [6, 6.07) is 1.51. The third-order valence-corrected chi connectivity index (χ3v) is 7.06. The smallest absolute Gasteiger partial charge is 0.236 e. The van der Waals surface area contributed by atoms with Gasteiger partial charge in [0.1, 0.15) is 29.2 Å². The number of rotatable bonds is 18. The quantitative estimate of drug-likeness (QED) is 0.136. The molecule has 1 aliphatic heterocycles. The Morgan fingerprint density at radius 1 is 1.02 bits per heavy atom. The highest BCUT2D eigenvalue weighted by molar-refractivity contribution is 7.99. The average Bonchev–Trinajstić information content (AvgIpc) is 2.99. The number of nitrogen functional groups attached to an aromatic ring is 1. The molecule has 0 aromatic carbocycles. The molecule has 236 valence electrons. The van der Waals surface area contributed by atoms with Crippen LogP contribution in [0.2, 0.25) is 0 Å². The van der Waals surface area contributed by atoms with Crippen LogP contribution in [0.25, 0.3) is 0 Å². The monoisotopic (exact) mass is 619 g/mol. The molecule has 0 spiro atoms. The fourth-order valence-electron chi connectivity index (χ4n) is 3.93. The summed E-state index contributed by atoms with van der Waals surface area (Å²) in [6.45, 7) is 6.98. The summed E-state index contributed by atoms with van der Waals surface area (Å²) in [5, 5.41) is 3.06. The lowest BCUT2D eigenvalue weighted by atomic mass is 10.3. The van der Waals surface area contributed by atoms with Crippen molar-refractivity contribution in [2.75, 3.05) is 117 Å². The van der Waals surface area contributed by atoms with Gasteiger partial charge in [-0.2, -0.15) is 9.97 Å². The van der Waals surface area contributed by atoms with Gasteiger partial charge in [-0.3, -0.25) is 9.69 Å². The van der Waals surface area contributed by atoms with E-state index in [1.165, 1.54) is 20.3 Å². The predicted octanol–water partition coefficient (Wildman–Crippen LogP) is 0.670. The minimum Gasteiger partial charge on any atom is -0.480 e. The van der Waals surface area contributed by atoms with Crippen LogP contribution in [0, 0.1) is 12.5 Å². The fourth-order valence-corrected chi connectivity index (χ4v) is 4.84. The molecule has 0 bridgehead atoms. The van der Waals surface area contributed by atoms with Crippen molar-refractivity contribution in [3.63, 3.8) is 0 Å². The van der Waals surface area contributed by atoms with Crippen LogP contribution >= 0.6 is 11.8 Å². The highest BCUT2D eigenvalue weighted by Crippen LogP contribution is 2.40. The van der Waals surface area contributed by atoms with Crippen molar-refractivity contribution >= 4 is 35.3 Å². The largest absolute Gasteiger partial charge is 0.480 e. The Bertz CT molecular complexity index is 1180. The van der Waals surface area contributed by atoms with Crippen LogP contribution in [-0.2, 0) is 19.0 Å².